The number of ether oxygens (including phenoxy) is 1. The summed E-state index contributed by atoms with van der Waals surface area (Å²) in [7, 11) is 0. The fourth-order valence-electron chi connectivity index (χ4n) is 7.01. The maximum atomic E-state index is 13.2. The summed E-state index contributed by atoms with van der Waals surface area (Å²) >= 11 is 1.49. The van der Waals surface area contributed by atoms with Crippen LogP contribution in [0.4, 0.5) is 5.13 Å². The predicted molar refractivity (Wildman–Crippen MR) is 141 cm³/mol. The number of nitrogens with one attached hydrogen (secondary N) is 2. The molecule has 0 unspecified atom stereocenters. The molecule has 2 heterocycles. The summed E-state index contributed by atoms with van der Waals surface area (Å²) in [5.41, 5.74) is -0.0448. The number of hydrogen-bond donors (Lipinski definition) is 4. The monoisotopic (exact) mass is 534 g/mol. The molecule has 2 amide bonds. The average molecular weight is 535 g/mol. The van der Waals surface area contributed by atoms with Gasteiger partial charge in [0, 0.05) is 54.7 Å². The lowest BCUT2D eigenvalue weighted by molar-refractivity contribution is -0.144. The molecule has 1 aromatic heterocycles. The minimum atomic E-state index is -0.658. The van der Waals surface area contributed by atoms with Crippen LogP contribution in [0.1, 0.15) is 68.9 Å². The van der Waals surface area contributed by atoms with E-state index in [1.165, 1.54) is 11.3 Å². The first-order valence-corrected chi connectivity index (χ1v) is 14.7. The van der Waals surface area contributed by atoms with Crippen LogP contribution in [0.3, 0.4) is 0 Å². The molecule has 1 aromatic rings. The van der Waals surface area contributed by atoms with Gasteiger partial charge < -0.3 is 25.6 Å². The summed E-state index contributed by atoms with van der Waals surface area (Å²) in [6.07, 6.45) is 4.70. The van der Waals surface area contributed by atoms with Crippen molar-refractivity contribution in [3.63, 3.8) is 0 Å². The van der Waals surface area contributed by atoms with Crippen molar-refractivity contribution in [1.29, 1.82) is 0 Å². The highest BCUT2D eigenvalue weighted by Crippen LogP contribution is 2.62. The van der Waals surface area contributed by atoms with E-state index in [0.29, 0.717) is 30.9 Å². The number of anilines is 1. The minimum Gasteiger partial charge on any atom is -0.396 e. The van der Waals surface area contributed by atoms with E-state index < -0.39 is 11.5 Å². The van der Waals surface area contributed by atoms with Crippen molar-refractivity contribution in [2.75, 3.05) is 51.3 Å². The lowest BCUT2D eigenvalue weighted by Gasteiger charge is -2.58. The maximum Gasteiger partial charge on any atom is 0.229 e. The number of hydrogen-bond acceptors (Lipinski definition) is 8. The molecule has 0 spiro atoms. The molecule has 10 heteroatoms. The molecule has 0 radical (unpaired) electrons. The number of carbonyl (C=O) groups is 2. The number of amides is 2. The van der Waals surface area contributed by atoms with Crippen molar-refractivity contribution < 1.29 is 24.5 Å². The van der Waals surface area contributed by atoms with E-state index >= 15 is 0 Å². The van der Waals surface area contributed by atoms with Crippen molar-refractivity contribution >= 4 is 28.3 Å². The second-order valence-corrected chi connectivity index (χ2v) is 13.1. The second kappa shape index (κ2) is 10.9. The number of aromatic nitrogens is 1. The molecule has 9 nitrogen and oxygen atoms in total. The summed E-state index contributed by atoms with van der Waals surface area (Å²) in [4.78, 5) is 34.2. The van der Waals surface area contributed by atoms with E-state index in [0.717, 1.165) is 69.1 Å². The Morgan fingerprint density at radius 2 is 1.97 bits per heavy atom. The first-order chi connectivity index (χ1) is 17.7. The first-order valence-electron chi connectivity index (χ1n) is 13.9. The van der Waals surface area contributed by atoms with Gasteiger partial charge in [-0.2, -0.15) is 0 Å². The summed E-state index contributed by atoms with van der Waals surface area (Å²) in [5, 5.41) is 28.1. The summed E-state index contributed by atoms with van der Waals surface area (Å²) in [6, 6.07) is 0. The quantitative estimate of drug-likeness (QED) is 0.403. The van der Waals surface area contributed by atoms with Crippen molar-refractivity contribution in [3.05, 3.63) is 10.6 Å². The largest absolute Gasteiger partial charge is 0.396 e. The normalized spacial score (nSPS) is 34.2. The van der Waals surface area contributed by atoms with Crippen LogP contribution in [-0.4, -0.2) is 84.0 Å². The van der Waals surface area contributed by atoms with E-state index in [1.54, 1.807) is 0 Å². The minimum absolute atomic E-state index is 0.00281. The number of rotatable bonds is 8. The molecule has 0 aromatic carbocycles. The molecular formula is C27H42N4O5S. The van der Waals surface area contributed by atoms with E-state index in [2.05, 4.69) is 22.5 Å². The summed E-state index contributed by atoms with van der Waals surface area (Å²) in [5.74, 6) is -0.0384. The summed E-state index contributed by atoms with van der Waals surface area (Å²) in [6.45, 7) is 8.71. The number of fused-ring (bicyclic) bond motifs is 2. The van der Waals surface area contributed by atoms with E-state index in [4.69, 9.17) is 9.72 Å². The Kier molecular flexibility index (Phi) is 7.94. The van der Waals surface area contributed by atoms with Gasteiger partial charge in [-0.3, -0.25) is 14.5 Å². The maximum absolute atomic E-state index is 13.2. The lowest BCUT2D eigenvalue weighted by atomic mass is 9.47. The van der Waals surface area contributed by atoms with Gasteiger partial charge >= 0.3 is 0 Å². The second-order valence-electron chi connectivity index (χ2n) is 12.0. The number of carbonyl (C=O) groups excluding carboxylic acids is 2. The van der Waals surface area contributed by atoms with Gasteiger partial charge in [-0.1, -0.05) is 20.3 Å². The van der Waals surface area contributed by atoms with Gasteiger partial charge in [0.05, 0.1) is 31.6 Å². The average Bonchev–Trinajstić information content (AvgIpc) is 3.24. The fourth-order valence-corrected chi connectivity index (χ4v) is 8.08. The SMILES string of the molecule is C[C@]1(CO)[C@H]2Cc3sc(NC(=O)C4CCC4)nc3[C@@H](CC(=O)NCCN3CCOCC3)[C@]2(C)CC[C@H]1O. The van der Waals surface area contributed by atoms with E-state index in [-0.39, 0.29) is 41.6 Å². The van der Waals surface area contributed by atoms with Crippen molar-refractivity contribution in [2.24, 2.45) is 22.7 Å². The Morgan fingerprint density at radius 1 is 1.22 bits per heavy atom. The number of nitrogens with zero attached hydrogens (tertiary/aromatic N) is 2. The molecule has 206 valence electrons. The van der Waals surface area contributed by atoms with Crippen molar-refractivity contribution in [2.45, 2.75) is 70.8 Å². The van der Waals surface area contributed by atoms with E-state index in [9.17, 15) is 19.8 Å². The number of aliphatic hydroxyl groups is 2. The molecule has 5 rings (SSSR count). The molecule has 3 aliphatic carbocycles. The van der Waals surface area contributed by atoms with Crippen LogP contribution in [0.15, 0.2) is 0 Å². The number of morpholine rings is 1. The van der Waals surface area contributed by atoms with Gasteiger partial charge in [0.25, 0.3) is 0 Å². The number of aliphatic hydroxyl groups excluding tert-OH is 2. The van der Waals surface area contributed by atoms with Gasteiger partial charge in [0.1, 0.15) is 0 Å². The molecule has 2 saturated carbocycles. The Balaban J connectivity index is 1.36. The van der Waals surface area contributed by atoms with Crippen LogP contribution in [0, 0.1) is 22.7 Å². The third-order valence-corrected chi connectivity index (χ3v) is 10.9. The van der Waals surface area contributed by atoms with Crippen LogP contribution in [0.5, 0.6) is 0 Å². The Morgan fingerprint density at radius 3 is 2.65 bits per heavy atom. The zero-order valence-corrected chi connectivity index (χ0v) is 22.9. The molecule has 4 aliphatic rings. The van der Waals surface area contributed by atoms with Crippen LogP contribution in [-0.2, 0) is 20.7 Å². The van der Waals surface area contributed by atoms with Crippen molar-refractivity contribution in [1.82, 2.24) is 15.2 Å². The molecule has 1 aliphatic heterocycles. The van der Waals surface area contributed by atoms with Crippen LogP contribution < -0.4 is 10.6 Å². The Hall–Kier alpha value is -1.59. The van der Waals surface area contributed by atoms with Crippen LogP contribution >= 0.6 is 11.3 Å². The topological polar surface area (TPSA) is 124 Å². The van der Waals surface area contributed by atoms with Gasteiger partial charge in [0.2, 0.25) is 11.8 Å². The van der Waals surface area contributed by atoms with Gasteiger partial charge in [0.15, 0.2) is 5.13 Å². The van der Waals surface area contributed by atoms with Crippen LogP contribution in [0.25, 0.3) is 0 Å². The summed E-state index contributed by atoms with van der Waals surface area (Å²) < 4.78 is 5.41. The molecule has 0 bridgehead atoms. The van der Waals surface area contributed by atoms with Gasteiger partial charge in [-0.05, 0) is 43.4 Å². The van der Waals surface area contributed by atoms with Gasteiger partial charge in [-0.15, -0.1) is 11.3 Å². The molecule has 3 fully saturated rings. The predicted octanol–water partition coefficient (Wildman–Crippen LogP) is 2.14. The molecule has 1 saturated heterocycles. The standard InChI is InChI=1S/C27H42N4O5S/c1-26-7-6-21(33)27(2,16-32)20(26)15-19-23(29-25(37-19)30-24(35)17-4-3-5-17)18(26)14-22(34)28-8-9-31-10-12-36-13-11-31/h17-18,20-21,32-33H,3-16H2,1-2H3,(H,28,34)(H,29,30,35)/t18-,20+,21-,26+,27+/m1/s1. The zero-order chi connectivity index (χ0) is 26.2. The highest BCUT2D eigenvalue weighted by molar-refractivity contribution is 7.15. The van der Waals surface area contributed by atoms with Crippen molar-refractivity contribution in [3.8, 4) is 0 Å². The third-order valence-electron chi connectivity index (χ3n) is 9.84. The highest BCUT2D eigenvalue weighted by atomic mass is 32.1. The zero-order valence-electron chi connectivity index (χ0n) is 22.1. The van der Waals surface area contributed by atoms with Gasteiger partial charge in [-0.25, -0.2) is 4.98 Å². The highest BCUT2D eigenvalue weighted by Gasteiger charge is 2.59. The molecule has 4 N–H and O–H groups in total. The first kappa shape index (κ1) is 27.0. The fraction of sp³-hybridized carbons (Fsp3) is 0.815. The molecule has 37 heavy (non-hydrogen) atoms. The molecule has 5 atom stereocenters. The number of thiazole rings is 1. The Labute approximate surface area is 223 Å². The molecular weight excluding hydrogens is 492 g/mol. The third kappa shape index (κ3) is 5.20. The van der Waals surface area contributed by atoms with Crippen LogP contribution in [0.2, 0.25) is 0 Å². The smallest absolute Gasteiger partial charge is 0.229 e. The van der Waals surface area contributed by atoms with E-state index in [1.807, 2.05) is 6.92 Å². The lowest BCUT2D eigenvalue weighted by Crippen LogP contribution is -2.57. The Bertz CT molecular complexity index is 993.